The molecule has 0 amide bonds. The molecule has 1 heterocycles. The Labute approximate surface area is 346 Å². The Kier molecular flexibility index (Phi) is 8.34. The van der Waals surface area contributed by atoms with Crippen molar-refractivity contribution in [2.75, 3.05) is 4.90 Å². The number of furan rings is 1. The molecule has 1 atom stereocenters. The number of benzene rings is 8. The first-order chi connectivity index (χ1) is 29.1. The standard InChI is InChI=1S/C57H43NO/c1-57(2)48-27-11-6-23-46(48)55-44(25-16-28-49(55)57)42-21-8-13-30-51(42)58(50-29-12-7-20-41(50)40-36-34-39(35-37-40)38-18-4-3-5-19-38)52-31-14-9-22-43(52)45-26-17-33-54-56(45)47-24-10-15-32-53(47)59-54/h3-18,20-38H,19H2,1-2H3. The molecule has 8 aromatic carbocycles. The van der Waals surface area contributed by atoms with E-state index < -0.39 is 0 Å². The lowest BCUT2D eigenvalue weighted by molar-refractivity contribution is 0.660. The van der Waals surface area contributed by atoms with Crippen LogP contribution in [0.15, 0.2) is 211 Å². The molecule has 2 heteroatoms. The molecule has 2 aliphatic carbocycles. The van der Waals surface area contributed by atoms with Gasteiger partial charge >= 0.3 is 0 Å². The summed E-state index contributed by atoms with van der Waals surface area (Å²) in [7, 11) is 0. The average Bonchev–Trinajstić information content (AvgIpc) is 3.80. The molecule has 0 saturated carbocycles. The van der Waals surface area contributed by atoms with Gasteiger partial charge in [0.2, 0.25) is 0 Å². The fourth-order valence-corrected chi connectivity index (χ4v) is 9.81. The van der Waals surface area contributed by atoms with Crippen molar-refractivity contribution < 1.29 is 4.42 Å². The van der Waals surface area contributed by atoms with Gasteiger partial charge in [-0.25, -0.2) is 0 Å². The van der Waals surface area contributed by atoms with Gasteiger partial charge in [0.1, 0.15) is 11.2 Å². The van der Waals surface area contributed by atoms with Gasteiger partial charge in [-0.15, -0.1) is 0 Å². The summed E-state index contributed by atoms with van der Waals surface area (Å²) >= 11 is 0. The third-order valence-electron chi connectivity index (χ3n) is 12.7. The van der Waals surface area contributed by atoms with Crippen LogP contribution in [0.4, 0.5) is 17.1 Å². The zero-order chi connectivity index (χ0) is 39.5. The van der Waals surface area contributed by atoms with Crippen LogP contribution in [-0.4, -0.2) is 0 Å². The molecule has 0 saturated heterocycles. The van der Waals surface area contributed by atoms with Crippen LogP contribution in [-0.2, 0) is 5.41 Å². The molecule has 0 radical (unpaired) electrons. The van der Waals surface area contributed by atoms with Crippen molar-refractivity contribution in [3.05, 3.63) is 223 Å². The Bertz CT molecular complexity index is 3120. The smallest absolute Gasteiger partial charge is 0.136 e. The van der Waals surface area contributed by atoms with Gasteiger partial charge in [0.25, 0.3) is 0 Å². The molecule has 282 valence electrons. The van der Waals surface area contributed by atoms with Gasteiger partial charge in [-0.3, -0.25) is 0 Å². The molecule has 0 bridgehead atoms. The second-order valence-corrected chi connectivity index (χ2v) is 16.3. The molecule has 59 heavy (non-hydrogen) atoms. The van der Waals surface area contributed by atoms with E-state index >= 15 is 0 Å². The maximum atomic E-state index is 6.46. The average molecular weight is 758 g/mol. The monoisotopic (exact) mass is 757 g/mol. The molecule has 0 aliphatic heterocycles. The summed E-state index contributed by atoms with van der Waals surface area (Å²) < 4.78 is 6.46. The van der Waals surface area contributed by atoms with Gasteiger partial charge in [0.15, 0.2) is 0 Å². The minimum atomic E-state index is -0.113. The first kappa shape index (κ1) is 35.0. The number of allylic oxidation sites excluding steroid dienone is 4. The summed E-state index contributed by atoms with van der Waals surface area (Å²) in [5.74, 6) is 0.393. The van der Waals surface area contributed by atoms with Crippen LogP contribution in [0.3, 0.4) is 0 Å². The fourth-order valence-electron chi connectivity index (χ4n) is 9.81. The van der Waals surface area contributed by atoms with E-state index in [2.05, 4.69) is 219 Å². The highest BCUT2D eigenvalue weighted by atomic mass is 16.3. The number of hydrogen-bond acceptors (Lipinski definition) is 2. The minimum Gasteiger partial charge on any atom is -0.456 e. The molecule has 2 nitrogen and oxygen atoms in total. The molecular weight excluding hydrogens is 715 g/mol. The summed E-state index contributed by atoms with van der Waals surface area (Å²) in [5.41, 5.74) is 18.7. The largest absolute Gasteiger partial charge is 0.456 e. The van der Waals surface area contributed by atoms with E-state index in [-0.39, 0.29) is 5.41 Å². The number of nitrogens with zero attached hydrogens (tertiary/aromatic N) is 1. The van der Waals surface area contributed by atoms with Crippen molar-refractivity contribution in [1.82, 2.24) is 0 Å². The van der Waals surface area contributed by atoms with E-state index in [1.165, 1.54) is 50.1 Å². The highest BCUT2D eigenvalue weighted by Crippen LogP contribution is 2.55. The van der Waals surface area contributed by atoms with E-state index in [0.717, 1.165) is 56.5 Å². The van der Waals surface area contributed by atoms with Crippen molar-refractivity contribution in [3.8, 4) is 44.5 Å². The quantitative estimate of drug-likeness (QED) is 0.161. The van der Waals surface area contributed by atoms with Crippen molar-refractivity contribution in [1.29, 1.82) is 0 Å². The van der Waals surface area contributed by atoms with Gasteiger partial charge in [0.05, 0.1) is 17.1 Å². The summed E-state index contributed by atoms with van der Waals surface area (Å²) in [4.78, 5) is 2.51. The van der Waals surface area contributed by atoms with Crippen molar-refractivity contribution in [2.24, 2.45) is 0 Å². The Hall–Kier alpha value is -7.16. The van der Waals surface area contributed by atoms with Gasteiger partial charge in [-0.2, -0.15) is 0 Å². The Morgan fingerprint density at radius 1 is 0.475 bits per heavy atom. The summed E-state index contributed by atoms with van der Waals surface area (Å²) in [5, 5.41) is 2.24. The number of rotatable bonds is 7. The van der Waals surface area contributed by atoms with Crippen LogP contribution in [0.5, 0.6) is 0 Å². The predicted molar refractivity (Wildman–Crippen MR) is 248 cm³/mol. The van der Waals surface area contributed by atoms with Crippen molar-refractivity contribution in [3.63, 3.8) is 0 Å². The first-order valence-corrected chi connectivity index (χ1v) is 20.7. The number of fused-ring (bicyclic) bond motifs is 6. The normalized spacial score (nSPS) is 15.1. The lowest BCUT2D eigenvalue weighted by atomic mass is 9.82. The van der Waals surface area contributed by atoms with Crippen LogP contribution in [0.2, 0.25) is 0 Å². The van der Waals surface area contributed by atoms with Crippen LogP contribution < -0.4 is 4.90 Å². The maximum Gasteiger partial charge on any atom is 0.136 e. The molecule has 1 aromatic heterocycles. The second kappa shape index (κ2) is 14.0. The fraction of sp³-hybridized carbons (Fsp3) is 0.0877. The second-order valence-electron chi connectivity index (χ2n) is 16.3. The van der Waals surface area contributed by atoms with Crippen molar-refractivity contribution >= 4 is 39.0 Å². The van der Waals surface area contributed by atoms with Gasteiger partial charge in [0, 0.05) is 38.8 Å². The lowest BCUT2D eigenvalue weighted by Gasteiger charge is -2.32. The van der Waals surface area contributed by atoms with E-state index in [1.807, 2.05) is 6.07 Å². The van der Waals surface area contributed by atoms with E-state index in [4.69, 9.17) is 4.42 Å². The third kappa shape index (κ3) is 5.70. The van der Waals surface area contributed by atoms with Crippen molar-refractivity contribution in [2.45, 2.75) is 31.6 Å². The highest BCUT2D eigenvalue weighted by molar-refractivity contribution is 6.14. The van der Waals surface area contributed by atoms with Gasteiger partial charge < -0.3 is 9.32 Å². The Balaban J connectivity index is 1.17. The molecule has 0 fully saturated rings. The highest BCUT2D eigenvalue weighted by Gasteiger charge is 2.37. The van der Waals surface area contributed by atoms with Gasteiger partial charge in [-0.1, -0.05) is 190 Å². The summed E-state index contributed by atoms with van der Waals surface area (Å²) in [6.45, 7) is 4.72. The zero-order valence-electron chi connectivity index (χ0n) is 33.3. The molecule has 0 N–H and O–H groups in total. The molecule has 2 aliphatic rings. The molecule has 9 aromatic rings. The van der Waals surface area contributed by atoms with Crippen LogP contribution >= 0.6 is 0 Å². The van der Waals surface area contributed by atoms with Crippen LogP contribution in [0, 0.1) is 0 Å². The first-order valence-electron chi connectivity index (χ1n) is 20.7. The SMILES string of the molecule is CC1(C)c2ccccc2-c2c(-c3ccccc3N(c3ccccc3-c3ccc(C4C=CC=CC4)cc3)c3ccccc3-c3cccc4oc5ccccc5c34)cccc21. The third-order valence-corrected chi connectivity index (χ3v) is 12.7. The molecule has 11 rings (SSSR count). The van der Waals surface area contributed by atoms with Crippen LogP contribution in [0.25, 0.3) is 66.4 Å². The summed E-state index contributed by atoms with van der Waals surface area (Å²) in [6.07, 6.45) is 9.90. The van der Waals surface area contributed by atoms with E-state index in [0.29, 0.717) is 5.92 Å². The van der Waals surface area contributed by atoms with Crippen LogP contribution in [0.1, 0.15) is 42.9 Å². The number of hydrogen-bond donors (Lipinski definition) is 0. The van der Waals surface area contributed by atoms with Gasteiger partial charge in [-0.05, 0) is 81.3 Å². The Morgan fingerprint density at radius 2 is 1.03 bits per heavy atom. The Morgan fingerprint density at radius 3 is 1.78 bits per heavy atom. The maximum absolute atomic E-state index is 6.46. The molecule has 1 unspecified atom stereocenters. The lowest BCUT2D eigenvalue weighted by Crippen LogP contribution is -2.15. The number of para-hydroxylation sites is 4. The van der Waals surface area contributed by atoms with E-state index in [9.17, 15) is 0 Å². The minimum absolute atomic E-state index is 0.113. The number of anilines is 3. The zero-order valence-corrected chi connectivity index (χ0v) is 33.3. The van der Waals surface area contributed by atoms with E-state index in [1.54, 1.807) is 0 Å². The predicted octanol–water partition coefficient (Wildman–Crippen LogP) is 16.0. The summed E-state index contributed by atoms with van der Waals surface area (Å²) in [6, 6.07) is 66.7. The molecule has 0 spiro atoms. The molecular formula is C57H43NO. The topological polar surface area (TPSA) is 16.4 Å².